The van der Waals surface area contributed by atoms with Crippen molar-refractivity contribution in [3.63, 3.8) is 0 Å². The van der Waals surface area contributed by atoms with Gasteiger partial charge in [-0.15, -0.1) is 10.2 Å². The molecule has 0 bridgehead atoms. The third kappa shape index (κ3) is 4.88. The molecule has 0 amide bonds. The molecular weight excluding hydrogens is 375 g/mol. The number of rotatable bonds is 6. The number of thioether (sulfide) groups is 1. The zero-order valence-electron chi connectivity index (χ0n) is 13.6. The van der Waals surface area contributed by atoms with Crippen LogP contribution in [0.25, 0.3) is 11.3 Å². The zero-order chi connectivity index (χ0) is 17.6. The summed E-state index contributed by atoms with van der Waals surface area (Å²) in [6.45, 7) is 2.62. The number of halogens is 2. The fourth-order valence-electron chi connectivity index (χ4n) is 2.23. The standard InChI is InChI=1S/C19H16Cl2N2OS/c1-2-24-16-7-4-13(5-8-16)18-9-10-19(23-22-18)25-12-14-3-6-15(20)11-17(14)21/h3-11H,2,12H2,1H3. The van der Waals surface area contributed by atoms with E-state index >= 15 is 0 Å². The maximum absolute atomic E-state index is 6.19. The average Bonchev–Trinajstić information content (AvgIpc) is 2.62. The molecule has 128 valence electrons. The van der Waals surface area contributed by atoms with Crippen LogP contribution in [0.2, 0.25) is 10.0 Å². The van der Waals surface area contributed by atoms with Crippen LogP contribution in [-0.2, 0) is 5.75 Å². The molecule has 0 aliphatic carbocycles. The van der Waals surface area contributed by atoms with Crippen molar-refractivity contribution in [1.82, 2.24) is 10.2 Å². The Hall–Kier alpha value is -1.75. The Labute approximate surface area is 161 Å². The summed E-state index contributed by atoms with van der Waals surface area (Å²) in [6.07, 6.45) is 0. The van der Waals surface area contributed by atoms with Gasteiger partial charge in [0, 0.05) is 21.4 Å². The van der Waals surface area contributed by atoms with Crippen molar-refractivity contribution < 1.29 is 4.74 Å². The monoisotopic (exact) mass is 390 g/mol. The quantitative estimate of drug-likeness (QED) is 0.473. The van der Waals surface area contributed by atoms with E-state index in [0.29, 0.717) is 22.4 Å². The first-order valence-corrected chi connectivity index (χ1v) is 9.53. The number of nitrogens with zero attached hydrogens (tertiary/aromatic N) is 2. The normalized spacial score (nSPS) is 10.7. The smallest absolute Gasteiger partial charge is 0.119 e. The number of aromatic nitrogens is 2. The maximum Gasteiger partial charge on any atom is 0.119 e. The Balaban J connectivity index is 1.65. The number of hydrogen-bond donors (Lipinski definition) is 0. The minimum atomic E-state index is 0.637. The predicted molar refractivity (Wildman–Crippen MR) is 105 cm³/mol. The molecule has 0 saturated carbocycles. The molecule has 0 saturated heterocycles. The van der Waals surface area contributed by atoms with E-state index in [9.17, 15) is 0 Å². The predicted octanol–water partition coefficient (Wildman–Crippen LogP) is 6.14. The van der Waals surface area contributed by atoms with E-state index in [4.69, 9.17) is 27.9 Å². The van der Waals surface area contributed by atoms with Crippen molar-refractivity contribution >= 4 is 35.0 Å². The molecule has 0 atom stereocenters. The number of ether oxygens (including phenoxy) is 1. The third-order valence-corrected chi connectivity index (χ3v) is 5.05. The first kappa shape index (κ1) is 18.1. The van der Waals surface area contributed by atoms with E-state index in [1.165, 1.54) is 0 Å². The summed E-state index contributed by atoms with van der Waals surface area (Å²) < 4.78 is 5.45. The molecule has 0 unspecified atom stereocenters. The molecule has 0 aliphatic heterocycles. The van der Waals surface area contributed by atoms with E-state index in [1.54, 1.807) is 17.8 Å². The van der Waals surface area contributed by atoms with Gasteiger partial charge in [0.25, 0.3) is 0 Å². The van der Waals surface area contributed by atoms with E-state index in [2.05, 4.69) is 10.2 Å². The molecule has 3 aromatic rings. The molecule has 3 rings (SSSR count). The third-order valence-electron chi connectivity index (χ3n) is 3.49. The highest BCUT2D eigenvalue weighted by Crippen LogP contribution is 2.28. The van der Waals surface area contributed by atoms with Crippen LogP contribution in [0.3, 0.4) is 0 Å². The van der Waals surface area contributed by atoms with Gasteiger partial charge >= 0.3 is 0 Å². The second kappa shape index (κ2) is 8.56. The van der Waals surface area contributed by atoms with Gasteiger partial charge in [-0.2, -0.15) is 0 Å². The van der Waals surface area contributed by atoms with E-state index < -0.39 is 0 Å². The summed E-state index contributed by atoms with van der Waals surface area (Å²) in [6, 6.07) is 17.3. The van der Waals surface area contributed by atoms with E-state index in [0.717, 1.165) is 27.6 Å². The van der Waals surface area contributed by atoms with Crippen LogP contribution in [0.1, 0.15) is 12.5 Å². The lowest BCUT2D eigenvalue weighted by atomic mass is 10.1. The molecule has 0 fully saturated rings. The molecule has 25 heavy (non-hydrogen) atoms. The lowest BCUT2D eigenvalue weighted by Gasteiger charge is -2.06. The second-order valence-corrected chi connectivity index (χ2v) is 7.08. The fraction of sp³-hybridized carbons (Fsp3) is 0.158. The van der Waals surface area contributed by atoms with Crippen LogP contribution in [0.5, 0.6) is 5.75 Å². The largest absolute Gasteiger partial charge is 0.494 e. The molecule has 0 radical (unpaired) electrons. The van der Waals surface area contributed by atoms with Crippen molar-refractivity contribution in [2.75, 3.05) is 6.61 Å². The molecule has 0 aliphatic rings. The molecule has 1 heterocycles. The van der Waals surface area contributed by atoms with Crippen molar-refractivity contribution in [2.24, 2.45) is 0 Å². The van der Waals surface area contributed by atoms with E-state index in [1.807, 2.05) is 55.5 Å². The van der Waals surface area contributed by atoms with Crippen molar-refractivity contribution in [1.29, 1.82) is 0 Å². The van der Waals surface area contributed by atoms with Crippen LogP contribution in [0.15, 0.2) is 59.6 Å². The minimum absolute atomic E-state index is 0.637. The Kier molecular flexibility index (Phi) is 6.19. The Morgan fingerprint density at radius 1 is 0.960 bits per heavy atom. The Morgan fingerprint density at radius 2 is 1.76 bits per heavy atom. The molecule has 3 nitrogen and oxygen atoms in total. The highest BCUT2D eigenvalue weighted by molar-refractivity contribution is 7.98. The van der Waals surface area contributed by atoms with Crippen LogP contribution in [0.4, 0.5) is 0 Å². The summed E-state index contributed by atoms with van der Waals surface area (Å²) in [7, 11) is 0. The maximum atomic E-state index is 6.19. The Bertz CT molecular complexity index is 839. The van der Waals surface area contributed by atoms with Crippen LogP contribution in [0, 0.1) is 0 Å². The van der Waals surface area contributed by atoms with Gasteiger partial charge in [-0.05, 0) is 61.0 Å². The van der Waals surface area contributed by atoms with Gasteiger partial charge in [0.1, 0.15) is 10.8 Å². The minimum Gasteiger partial charge on any atom is -0.494 e. The van der Waals surface area contributed by atoms with Gasteiger partial charge in [-0.3, -0.25) is 0 Å². The van der Waals surface area contributed by atoms with Gasteiger partial charge in [-0.25, -0.2) is 0 Å². The molecule has 1 aromatic heterocycles. The summed E-state index contributed by atoms with van der Waals surface area (Å²) in [4.78, 5) is 0. The van der Waals surface area contributed by atoms with Gasteiger partial charge in [0.05, 0.1) is 12.3 Å². The lowest BCUT2D eigenvalue weighted by molar-refractivity contribution is 0.340. The summed E-state index contributed by atoms with van der Waals surface area (Å²) in [5.74, 6) is 1.57. The first-order valence-electron chi connectivity index (χ1n) is 7.79. The fourth-order valence-corrected chi connectivity index (χ4v) is 3.60. The SMILES string of the molecule is CCOc1ccc(-c2ccc(SCc3ccc(Cl)cc3Cl)nn2)cc1. The van der Waals surface area contributed by atoms with Crippen molar-refractivity contribution in [3.8, 4) is 17.0 Å². The Morgan fingerprint density at radius 3 is 2.40 bits per heavy atom. The molecular formula is C19H16Cl2N2OS. The highest BCUT2D eigenvalue weighted by Gasteiger charge is 2.05. The molecule has 0 spiro atoms. The van der Waals surface area contributed by atoms with Crippen molar-refractivity contribution in [3.05, 3.63) is 70.2 Å². The number of hydrogen-bond acceptors (Lipinski definition) is 4. The molecule has 2 aromatic carbocycles. The topological polar surface area (TPSA) is 35.0 Å². The summed E-state index contributed by atoms with van der Waals surface area (Å²) in [5.41, 5.74) is 2.86. The number of benzene rings is 2. The van der Waals surface area contributed by atoms with E-state index in [-0.39, 0.29) is 0 Å². The van der Waals surface area contributed by atoms with Gasteiger partial charge in [0.2, 0.25) is 0 Å². The van der Waals surface area contributed by atoms with Crippen LogP contribution >= 0.6 is 35.0 Å². The van der Waals surface area contributed by atoms with Gasteiger partial charge in [0.15, 0.2) is 0 Å². The van der Waals surface area contributed by atoms with Crippen LogP contribution in [-0.4, -0.2) is 16.8 Å². The molecule has 6 heteroatoms. The van der Waals surface area contributed by atoms with Gasteiger partial charge < -0.3 is 4.74 Å². The summed E-state index contributed by atoms with van der Waals surface area (Å²) in [5, 5.41) is 10.7. The summed E-state index contributed by atoms with van der Waals surface area (Å²) >= 11 is 13.7. The zero-order valence-corrected chi connectivity index (χ0v) is 15.9. The average molecular weight is 391 g/mol. The highest BCUT2D eigenvalue weighted by atomic mass is 35.5. The lowest BCUT2D eigenvalue weighted by Crippen LogP contribution is -1.92. The van der Waals surface area contributed by atoms with Crippen LogP contribution < -0.4 is 4.74 Å². The van der Waals surface area contributed by atoms with Gasteiger partial charge in [-0.1, -0.05) is 41.0 Å². The van der Waals surface area contributed by atoms with Crippen molar-refractivity contribution in [2.45, 2.75) is 17.7 Å². The second-order valence-electron chi connectivity index (χ2n) is 5.24. The first-order chi connectivity index (χ1) is 12.2. The molecule has 0 N–H and O–H groups in total.